The molecule has 0 radical (unpaired) electrons. The molecule has 172 valence electrons. The Morgan fingerprint density at radius 1 is 0.879 bits per heavy atom. The lowest BCUT2D eigenvalue weighted by molar-refractivity contribution is -0.544. The lowest BCUT2D eigenvalue weighted by atomic mass is 9.85. The topological polar surface area (TPSA) is 21.5 Å². The highest BCUT2D eigenvalue weighted by Gasteiger charge is 2.31. The first-order chi connectivity index (χ1) is 15.3. The molecule has 6 heteroatoms. The first-order valence-corrected chi connectivity index (χ1v) is 10.9. The van der Waals surface area contributed by atoms with Crippen LogP contribution in [0.3, 0.4) is 0 Å². The largest absolute Gasteiger partial charge is 1.00 e. The van der Waals surface area contributed by atoms with E-state index in [0.29, 0.717) is 6.54 Å². The van der Waals surface area contributed by atoms with Crippen LogP contribution in [0.2, 0.25) is 0 Å². The summed E-state index contributed by atoms with van der Waals surface area (Å²) >= 11 is 0. The van der Waals surface area contributed by atoms with Crippen molar-refractivity contribution in [2.75, 3.05) is 13.3 Å². The van der Waals surface area contributed by atoms with Gasteiger partial charge in [0.1, 0.15) is 6.54 Å². The Labute approximate surface area is 199 Å². The number of nitrogens with zero attached hydrogens (tertiary/aromatic N) is 1. The van der Waals surface area contributed by atoms with Crippen LogP contribution in [0.15, 0.2) is 54.6 Å². The summed E-state index contributed by atoms with van der Waals surface area (Å²) in [5, 5.41) is 0. The summed E-state index contributed by atoms with van der Waals surface area (Å²) in [4.78, 5) is 0. The summed E-state index contributed by atoms with van der Waals surface area (Å²) < 4.78 is 40.8. The first kappa shape index (κ1) is 23.2. The lowest BCUT2D eigenvalue weighted by Gasteiger charge is -2.22. The van der Waals surface area contributed by atoms with Crippen LogP contribution in [0.25, 0.3) is 0 Å². The van der Waals surface area contributed by atoms with Crippen molar-refractivity contribution in [3.8, 4) is 11.5 Å². The molecule has 2 aliphatic heterocycles. The minimum Gasteiger partial charge on any atom is -1.00 e. The quantitative estimate of drug-likeness (QED) is 0.550. The van der Waals surface area contributed by atoms with E-state index in [4.69, 9.17) is 9.47 Å². The third kappa shape index (κ3) is 4.47. The summed E-state index contributed by atoms with van der Waals surface area (Å²) in [6.45, 7) is 8.07. The fourth-order valence-corrected chi connectivity index (χ4v) is 4.43. The van der Waals surface area contributed by atoms with Gasteiger partial charge in [-0.2, -0.15) is 0 Å². The van der Waals surface area contributed by atoms with Gasteiger partial charge in [-0.3, -0.25) is 0 Å². The Hall–Kier alpha value is -2.92. The average Bonchev–Trinajstić information content (AvgIpc) is 3.21. The van der Waals surface area contributed by atoms with E-state index >= 15 is 0 Å². The van der Waals surface area contributed by atoms with Gasteiger partial charge in [0, 0.05) is 17.5 Å². The van der Waals surface area contributed by atoms with Crippen LogP contribution in [-0.2, 0) is 18.4 Å². The van der Waals surface area contributed by atoms with Crippen LogP contribution in [0, 0.1) is 11.6 Å². The molecule has 3 aromatic rings. The summed E-state index contributed by atoms with van der Waals surface area (Å²) in [5.41, 5.74) is 6.49. The molecule has 2 heterocycles. The maximum atomic E-state index is 13.9. The van der Waals surface area contributed by atoms with Crippen molar-refractivity contribution in [2.45, 2.75) is 39.2 Å². The smallest absolute Gasteiger partial charge is 0.231 e. The zero-order valence-corrected chi connectivity index (χ0v) is 19.7. The molecule has 0 unspecified atom stereocenters. The van der Waals surface area contributed by atoms with Crippen molar-refractivity contribution in [3.05, 3.63) is 94.0 Å². The van der Waals surface area contributed by atoms with Crippen molar-refractivity contribution < 1.29 is 35.2 Å². The molecular formula is C27H26ClF2NO2. The zero-order valence-electron chi connectivity index (χ0n) is 18.9. The fourth-order valence-electron chi connectivity index (χ4n) is 4.43. The van der Waals surface area contributed by atoms with Gasteiger partial charge in [0.15, 0.2) is 29.7 Å². The van der Waals surface area contributed by atoms with Gasteiger partial charge < -0.3 is 21.9 Å². The van der Waals surface area contributed by atoms with E-state index in [1.54, 1.807) is 6.07 Å². The zero-order chi connectivity index (χ0) is 22.5. The highest BCUT2D eigenvalue weighted by Crippen LogP contribution is 2.37. The second-order valence-corrected chi connectivity index (χ2v) is 9.46. The van der Waals surface area contributed by atoms with Crippen LogP contribution in [-0.4, -0.2) is 23.6 Å². The van der Waals surface area contributed by atoms with Gasteiger partial charge in [0.2, 0.25) is 12.5 Å². The van der Waals surface area contributed by atoms with Crippen LogP contribution in [0.5, 0.6) is 11.5 Å². The number of fused-ring (bicyclic) bond motifs is 2. The van der Waals surface area contributed by atoms with Crippen molar-refractivity contribution >= 4 is 5.71 Å². The number of benzene rings is 3. The standard InChI is InChI=1S/C27H26F2NO2.ClH/c1-27(2,3)20-7-5-18(6-8-20)26-21-14-25-24(31-16-32-25)13-19(21)10-11-30(26)15-17-4-9-22(28)23(29)12-17;/h4-9,12-14H,10-11,15-16H2,1-3H3;1H/q+1;/p-1. The first-order valence-electron chi connectivity index (χ1n) is 10.9. The normalized spacial score (nSPS) is 14.7. The molecule has 3 nitrogen and oxygen atoms in total. The van der Waals surface area contributed by atoms with E-state index in [1.807, 2.05) is 6.07 Å². The molecule has 0 fully saturated rings. The molecule has 0 aliphatic carbocycles. The number of ether oxygens (including phenoxy) is 2. The molecule has 0 saturated heterocycles. The Kier molecular flexibility index (Phi) is 6.19. The number of halogens is 3. The van der Waals surface area contributed by atoms with Gasteiger partial charge in [-0.25, -0.2) is 13.4 Å². The monoisotopic (exact) mass is 469 g/mol. The molecule has 0 saturated carbocycles. The second kappa shape index (κ2) is 8.79. The van der Waals surface area contributed by atoms with E-state index in [1.165, 1.54) is 23.3 Å². The van der Waals surface area contributed by atoms with Gasteiger partial charge in [-0.15, -0.1) is 0 Å². The van der Waals surface area contributed by atoms with Crippen molar-refractivity contribution in [1.82, 2.24) is 0 Å². The Morgan fingerprint density at radius 3 is 2.24 bits per heavy atom. The van der Waals surface area contributed by atoms with E-state index in [0.717, 1.165) is 46.9 Å². The van der Waals surface area contributed by atoms with Crippen molar-refractivity contribution in [2.24, 2.45) is 0 Å². The highest BCUT2D eigenvalue weighted by atomic mass is 35.5. The van der Waals surface area contributed by atoms with E-state index in [2.05, 4.69) is 55.7 Å². The molecule has 0 aromatic heterocycles. The molecule has 5 rings (SSSR count). The minimum atomic E-state index is -0.826. The van der Waals surface area contributed by atoms with Crippen LogP contribution >= 0.6 is 0 Å². The SMILES string of the molecule is CC(C)(C)c1ccc(C2=[N+](Cc3ccc(F)c(F)c3)CCc3cc4c(cc32)OCO4)cc1.[Cl-]. The minimum absolute atomic E-state index is 0. The number of hydrogen-bond acceptors (Lipinski definition) is 2. The second-order valence-electron chi connectivity index (χ2n) is 9.46. The molecule has 0 spiro atoms. The molecule has 3 aromatic carbocycles. The predicted octanol–water partition coefficient (Wildman–Crippen LogP) is 2.60. The summed E-state index contributed by atoms with van der Waals surface area (Å²) in [7, 11) is 0. The van der Waals surface area contributed by atoms with E-state index in [9.17, 15) is 8.78 Å². The third-order valence-corrected chi connectivity index (χ3v) is 6.20. The predicted molar refractivity (Wildman–Crippen MR) is 120 cm³/mol. The maximum Gasteiger partial charge on any atom is 0.231 e. The summed E-state index contributed by atoms with van der Waals surface area (Å²) in [6, 6.07) is 16.9. The third-order valence-electron chi connectivity index (χ3n) is 6.20. The maximum absolute atomic E-state index is 13.9. The lowest BCUT2D eigenvalue weighted by Crippen LogP contribution is -3.00. The fraction of sp³-hybridized carbons (Fsp3) is 0.296. The van der Waals surface area contributed by atoms with Gasteiger partial charge >= 0.3 is 0 Å². The van der Waals surface area contributed by atoms with Crippen molar-refractivity contribution in [1.29, 1.82) is 0 Å². The van der Waals surface area contributed by atoms with E-state index < -0.39 is 11.6 Å². The number of rotatable bonds is 3. The van der Waals surface area contributed by atoms with Gasteiger partial charge in [0.05, 0.1) is 5.56 Å². The van der Waals surface area contributed by atoms with Crippen molar-refractivity contribution in [3.63, 3.8) is 0 Å². The van der Waals surface area contributed by atoms with Crippen LogP contribution < -0.4 is 21.9 Å². The highest BCUT2D eigenvalue weighted by molar-refractivity contribution is 6.11. The summed E-state index contributed by atoms with van der Waals surface area (Å²) in [5.74, 6) is -0.130. The van der Waals surface area contributed by atoms with E-state index in [-0.39, 0.29) is 24.6 Å². The van der Waals surface area contributed by atoms with Gasteiger partial charge in [-0.05, 0) is 59.0 Å². The molecule has 0 N–H and O–H groups in total. The molecule has 33 heavy (non-hydrogen) atoms. The Bertz CT molecular complexity index is 1230. The van der Waals surface area contributed by atoms with Crippen LogP contribution in [0.4, 0.5) is 8.78 Å². The molecule has 0 bridgehead atoms. The average molecular weight is 470 g/mol. The summed E-state index contributed by atoms with van der Waals surface area (Å²) in [6.07, 6.45) is 0.833. The molecular weight excluding hydrogens is 444 g/mol. The molecule has 2 aliphatic rings. The van der Waals surface area contributed by atoms with Gasteiger partial charge in [-0.1, -0.05) is 32.9 Å². The molecule has 0 amide bonds. The van der Waals surface area contributed by atoms with Gasteiger partial charge in [0.25, 0.3) is 0 Å². The molecule has 0 atom stereocenters. The Balaban J connectivity index is 0.00000259. The number of hydrogen-bond donors (Lipinski definition) is 0. The Morgan fingerprint density at radius 2 is 1.58 bits per heavy atom. The van der Waals surface area contributed by atoms with Crippen LogP contribution in [0.1, 0.15) is 48.6 Å².